The van der Waals surface area contributed by atoms with Crippen molar-refractivity contribution in [3.05, 3.63) is 45.8 Å². The zero-order valence-corrected chi connectivity index (χ0v) is 17.0. The summed E-state index contributed by atoms with van der Waals surface area (Å²) in [7, 11) is 0. The maximum atomic E-state index is 12.4. The molecule has 1 aromatic carbocycles. The second-order valence-corrected chi connectivity index (χ2v) is 8.96. The van der Waals surface area contributed by atoms with Crippen LogP contribution in [-0.4, -0.2) is 38.8 Å². The van der Waals surface area contributed by atoms with Crippen LogP contribution in [0.1, 0.15) is 19.4 Å². The number of thioether (sulfide) groups is 2. The monoisotopic (exact) mass is 406 g/mol. The molecule has 0 unspecified atom stereocenters. The van der Waals surface area contributed by atoms with E-state index in [0.29, 0.717) is 4.91 Å². The Morgan fingerprint density at radius 2 is 2.04 bits per heavy atom. The van der Waals surface area contributed by atoms with E-state index in [1.165, 1.54) is 16.1 Å². The van der Waals surface area contributed by atoms with Gasteiger partial charge in [0.2, 0.25) is 0 Å². The fourth-order valence-electron chi connectivity index (χ4n) is 2.76. The lowest BCUT2D eigenvalue weighted by Crippen LogP contribution is -2.33. The van der Waals surface area contributed by atoms with Gasteiger partial charge >= 0.3 is 5.97 Å². The molecule has 3 rings (SSSR count). The van der Waals surface area contributed by atoms with E-state index in [1.807, 2.05) is 6.08 Å². The highest BCUT2D eigenvalue weighted by Gasteiger charge is 2.33. The SMILES string of the molecule is Cc1ccc2c(c1)N(C(C)C)/C(=C/C=C1/SC(=S)N(CC(=O)O)C1=O)S2. The van der Waals surface area contributed by atoms with Crippen molar-refractivity contribution in [1.82, 2.24) is 4.90 Å². The summed E-state index contributed by atoms with van der Waals surface area (Å²) in [5, 5.41) is 9.94. The van der Waals surface area contributed by atoms with E-state index >= 15 is 0 Å². The summed E-state index contributed by atoms with van der Waals surface area (Å²) in [5.74, 6) is -1.43. The Labute approximate surface area is 166 Å². The standard InChI is InChI=1S/C18H18N2O3S3/c1-10(2)20-12-8-11(3)4-5-13(12)25-15(20)7-6-14-17(23)19(9-16(21)22)18(24)26-14/h4-8,10H,9H2,1-3H3,(H,21,22)/b14-6+,15-7-. The van der Waals surface area contributed by atoms with Crippen molar-refractivity contribution in [2.75, 3.05) is 11.4 Å². The number of carbonyl (C=O) groups is 2. The molecule has 0 bridgehead atoms. The van der Waals surface area contributed by atoms with Gasteiger partial charge in [0.05, 0.1) is 15.6 Å². The number of benzene rings is 1. The molecule has 1 saturated heterocycles. The summed E-state index contributed by atoms with van der Waals surface area (Å²) < 4.78 is 0.278. The summed E-state index contributed by atoms with van der Waals surface area (Å²) >= 11 is 7.92. The summed E-state index contributed by atoms with van der Waals surface area (Å²) in [5.41, 5.74) is 2.37. The summed E-state index contributed by atoms with van der Waals surface area (Å²) in [4.78, 5) is 28.2. The number of carboxylic acid groups (broad SMARTS) is 1. The van der Waals surface area contributed by atoms with Crippen LogP contribution >= 0.6 is 35.7 Å². The smallest absolute Gasteiger partial charge is 0.323 e. The third kappa shape index (κ3) is 3.67. The number of amides is 1. The molecular formula is C18H18N2O3S3. The Bertz CT molecular complexity index is 861. The number of thiocarbonyl (C=S) groups is 1. The molecule has 2 aliphatic heterocycles. The number of allylic oxidation sites excluding steroid dienone is 2. The summed E-state index contributed by atoms with van der Waals surface area (Å²) in [6.07, 6.45) is 3.64. The number of nitrogens with zero attached hydrogens (tertiary/aromatic N) is 2. The lowest BCUT2D eigenvalue weighted by Gasteiger charge is -2.25. The molecule has 1 fully saturated rings. The van der Waals surface area contributed by atoms with Crippen LogP contribution < -0.4 is 4.90 Å². The normalized spacial score (nSPS) is 20.0. The van der Waals surface area contributed by atoms with Crippen LogP contribution in [0.4, 0.5) is 5.69 Å². The minimum absolute atomic E-state index is 0.270. The van der Waals surface area contributed by atoms with Gasteiger partial charge in [0.15, 0.2) is 0 Å². The van der Waals surface area contributed by atoms with Crippen LogP contribution in [0.15, 0.2) is 45.2 Å². The topological polar surface area (TPSA) is 60.9 Å². The molecule has 1 amide bonds. The number of anilines is 1. The van der Waals surface area contributed by atoms with E-state index in [0.717, 1.165) is 21.7 Å². The zero-order chi connectivity index (χ0) is 19.0. The molecule has 0 saturated carbocycles. The molecule has 2 aliphatic rings. The first-order valence-electron chi connectivity index (χ1n) is 8.03. The van der Waals surface area contributed by atoms with Crippen LogP contribution in [0.25, 0.3) is 0 Å². The van der Waals surface area contributed by atoms with Gasteiger partial charge in [0, 0.05) is 10.9 Å². The largest absolute Gasteiger partial charge is 0.480 e. The highest BCUT2D eigenvalue weighted by Crippen LogP contribution is 2.47. The highest BCUT2D eigenvalue weighted by molar-refractivity contribution is 8.26. The van der Waals surface area contributed by atoms with Crippen molar-refractivity contribution in [1.29, 1.82) is 0 Å². The highest BCUT2D eigenvalue weighted by atomic mass is 32.2. The van der Waals surface area contributed by atoms with E-state index in [9.17, 15) is 9.59 Å². The molecule has 0 aliphatic carbocycles. The van der Waals surface area contributed by atoms with Crippen LogP contribution in [-0.2, 0) is 9.59 Å². The third-order valence-corrected chi connectivity index (χ3v) is 6.39. The maximum absolute atomic E-state index is 12.4. The van der Waals surface area contributed by atoms with Crippen LogP contribution in [0.2, 0.25) is 0 Å². The van der Waals surface area contributed by atoms with Crippen LogP contribution in [0.5, 0.6) is 0 Å². The van der Waals surface area contributed by atoms with E-state index in [2.05, 4.69) is 43.9 Å². The number of fused-ring (bicyclic) bond motifs is 1. The average Bonchev–Trinajstić information content (AvgIpc) is 3.04. The summed E-state index contributed by atoms with van der Waals surface area (Å²) in [6.45, 7) is 5.91. The van der Waals surface area contributed by atoms with Gasteiger partial charge in [0.25, 0.3) is 5.91 Å². The first kappa shape index (κ1) is 19.0. The molecule has 136 valence electrons. The zero-order valence-electron chi connectivity index (χ0n) is 14.6. The second kappa shape index (κ2) is 7.46. The minimum atomic E-state index is -1.08. The first-order valence-corrected chi connectivity index (χ1v) is 10.1. The molecular weight excluding hydrogens is 388 g/mol. The molecule has 0 spiro atoms. The fraction of sp³-hybridized carbons (Fsp3) is 0.278. The van der Waals surface area contributed by atoms with E-state index < -0.39 is 12.5 Å². The van der Waals surface area contributed by atoms with Crippen molar-refractivity contribution in [3.8, 4) is 0 Å². The van der Waals surface area contributed by atoms with Crippen molar-refractivity contribution in [2.24, 2.45) is 0 Å². The predicted octanol–water partition coefficient (Wildman–Crippen LogP) is 3.99. The van der Waals surface area contributed by atoms with Gasteiger partial charge in [-0.3, -0.25) is 14.5 Å². The minimum Gasteiger partial charge on any atom is -0.480 e. The van der Waals surface area contributed by atoms with E-state index in [-0.39, 0.29) is 16.3 Å². The molecule has 26 heavy (non-hydrogen) atoms. The van der Waals surface area contributed by atoms with E-state index in [4.69, 9.17) is 17.3 Å². The van der Waals surface area contributed by atoms with Crippen LogP contribution in [0.3, 0.4) is 0 Å². The number of carbonyl (C=O) groups excluding carboxylic acids is 1. The maximum Gasteiger partial charge on any atom is 0.323 e. The molecule has 1 aromatic rings. The predicted molar refractivity (Wildman–Crippen MR) is 110 cm³/mol. The van der Waals surface area contributed by atoms with E-state index in [1.54, 1.807) is 17.8 Å². The summed E-state index contributed by atoms with van der Waals surface area (Å²) in [6, 6.07) is 6.63. The van der Waals surface area contributed by atoms with Gasteiger partial charge < -0.3 is 10.0 Å². The molecule has 0 atom stereocenters. The van der Waals surface area contributed by atoms with Crippen molar-refractivity contribution in [2.45, 2.75) is 31.7 Å². The number of hydrogen-bond donors (Lipinski definition) is 1. The Balaban J connectivity index is 1.88. The van der Waals surface area contributed by atoms with Crippen molar-refractivity contribution < 1.29 is 14.7 Å². The fourth-order valence-corrected chi connectivity index (χ4v) is 5.13. The number of aliphatic carboxylic acids is 1. The van der Waals surface area contributed by atoms with Gasteiger partial charge in [-0.1, -0.05) is 41.8 Å². The van der Waals surface area contributed by atoms with Gasteiger partial charge in [-0.25, -0.2) is 0 Å². The number of aryl methyl sites for hydroxylation is 1. The lowest BCUT2D eigenvalue weighted by molar-refractivity contribution is -0.140. The van der Waals surface area contributed by atoms with Crippen LogP contribution in [0, 0.1) is 6.92 Å². The second-order valence-electron chi connectivity index (χ2n) is 6.23. The molecule has 0 radical (unpaired) electrons. The average molecular weight is 407 g/mol. The molecule has 5 nitrogen and oxygen atoms in total. The third-order valence-electron chi connectivity index (χ3n) is 3.89. The first-order chi connectivity index (χ1) is 12.3. The quantitative estimate of drug-likeness (QED) is 0.599. The number of hydrogen-bond acceptors (Lipinski definition) is 6. The molecule has 0 aromatic heterocycles. The van der Waals surface area contributed by atoms with Gasteiger partial charge in [-0.05, 0) is 50.6 Å². The molecule has 2 heterocycles. The number of rotatable bonds is 4. The number of carboxylic acids is 1. The van der Waals surface area contributed by atoms with Crippen molar-refractivity contribution >= 4 is 57.6 Å². The van der Waals surface area contributed by atoms with Gasteiger partial charge in [0.1, 0.15) is 10.9 Å². The molecule has 8 heteroatoms. The van der Waals surface area contributed by atoms with Gasteiger partial charge in [-0.15, -0.1) is 0 Å². The Morgan fingerprint density at radius 3 is 2.69 bits per heavy atom. The Kier molecular flexibility index (Phi) is 5.45. The Hall–Kier alpha value is -1.77. The Morgan fingerprint density at radius 1 is 1.31 bits per heavy atom. The molecule has 1 N–H and O–H groups in total. The lowest BCUT2D eigenvalue weighted by atomic mass is 10.2. The van der Waals surface area contributed by atoms with Gasteiger partial charge in [-0.2, -0.15) is 0 Å². The van der Waals surface area contributed by atoms with Crippen molar-refractivity contribution in [3.63, 3.8) is 0 Å².